The first kappa shape index (κ1) is 11.0. The minimum atomic E-state index is -0.967. The molecule has 0 aliphatic heterocycles. The van der Waals surface area contributed by atoms with Gasteiger partial charge >= 0.3 is 89.6 Å². The SMILES string of the molecule is CC(C)(C)[O][Hg][CH]1CCCCC1. The summed E-state index contributed by atoms with van der Waals surface area (Å²) in [6.45, 7) is 6.57. The molecule has 12 heavy (non-hydrogen) atoms. The molecule has 2 heteroatoms. The molecule has 0 aromatic carbocycles. The third-order valence-corrected chi connectivity index (χ3v) is 11.5. The van der Waals surface area contributed by atoms with Crippen molar-refractivity contribution < 1.29 is 27.7 Å². The Morgan fingerprint density at radius 1 is 1.08 bits per heavy atom. The zero-order valence-corrected chi connectivity index (χ0v) is 14.2. The van der Waals surface area contributed by atoms with Crippen LogP contribution in [0.2, 0.25) is 3.43 Å². The van der Waals surface area contributed by atoms with Crippen molar-refractivity contribution in [3.63, 3.8) is 0 Å². The van der Waals surface area contributed by atoms with Gasteiger partial charge in [-0.1, -0.05) is 0 Å². The molecule has 0 atom stereocenters. The van der Waals surface area contributed by atoms with Crippen molar-refractivity contribution in [3.05, 3.63) is 0 Å². The molecule has 0 radical (unpaired) electrons. The molecule has 1 fully saturated rings. The van der Waals surface area contributed by atoms with Crippen LogP contribution in [-0.4, -0.2) is 5.60 Å². The van der Waals surface area contributed by atoms with Crippen molar-refractivity contribution in [1.29, 1.82) is 0 Å². The van der Waals surface area contributed by atoms with E-state index in [0.29, 0.717) is 0 Å². The Kier molecular flexibility index (Phi) is 4.52. The second-order valence-corrected chi connectivity index (χ2v) is 11.8. The summed E-state index contributed by atoms with van der Waals surface area (Å²) >= 11 is -0.967. The van der Waals surface area contributed by atoms with E-state index in [2.05, 4.69) is 20.8 Å². The van der Waals surface area contributed by atoms with Gasteiger partial charge in [0.2, 0.25) is 0 Å². The van der Waals surface area contributed by atoms with Crippen LogP contribution < -0.4 is 0 Å². The van der Waals surface area contributed by atoms with E-state index < -0.39 is 25.0 Å². The van der Waals surface area contributed by atoms with Gasteiger partial charge in [-0.25, -0.2) is 0 Å². The van der Waals surface area contributed by atoms with Gasteiger partial charge in [-0.05, 0) is 0 Å². The van der Waals surface area contributed by atoms with Gasteiger partial charge in [0, 0.05) is 0 Å². The molecule has 0 bridgehead atoms. The minimum absolute atomic E-state index is 0.152. The molecule has 0 amide bonds. The van der Waals surface area contributed by atoms with E-state index in [4.69, 9.17) is 2.64 Å². The topological polar surface area (TPSA) is 9.23 Å². The molecule has 0 N–H and O–H groups in total. The fourth-order valence-corrected chi connectivity index (χ4v) is 8.12. The van der Waals surface area contributed by atoms with E-state index in [1.807, 2.05) is 0 Å². The number of hydrogen-bond donors (Lipinski definition) is 0. The summed E-state index contributed by atoms with van der Waals surface area (Å²) in [6.07, 6.45) is 7.38. The maximum atomic E-state index is 5.99. The standard InChI is InChI=1S/C6H11.C4H9O.Hg/c1-2-4-6-5-3-1;1-4(2,3)5;/h1H,2-6H2;1-3H3;/q;-1;+1. The average molecular weight is 357 g/mol. The third-order valence-electron chi connectivity index (χ3n) is 2.48. The van der Waals surface area contributed by atoms with E-state index in [1.54, 1.807) is 0 Å². The van der Waals surface area contributed by atoms with Crippen LogP contribution in [0, 0.1) is 0 Å². The molecule has 0 heterocycles. The summed E-state index contributed by atoms with van der Waals surface area (Å²) < 4.78 is 7.06. The van der Waals surface area contributed by atoms with Gasteiger partial charge < -0.3 is 0 Å². The summed E-state index contributed by atoms with van der Waals surface area (Å²) in [5.74, 6) is 0. The van der Waals surface area contributed by atoms with Crippen LogP contribution in [0.4, 0.5) is 0 Å². The normalized spacial score (nSPS) is 20.6. The summed E-state index contributed by atoms with van der Waals surface area (Å²) in [5, 5.41) is 0. The van der Waals surface area contributed by atoms with E-state index in [1.165, 1.54) is 32.1 Å². The van der Waals surface area contributed by atoms with Crippen LogP contribution in [0.15, 0.2) is 0 Å². The first-order valence-electron chi connectivity index (χ1n) is 5.22. The summed E-state index contributed by atoms with van der Waals surface area (Å²) in [6, 6.07) is 0. The van der Waals surface area contributed by atoms with Crippen molar-refractivity contribution in [1.82, 2.24) is 0 Å². The van der Waals surface area contributed by atoms with Crippen LogP contribution in [-0.2, 0) is 27.7 Å². The Bertz CT molecular complexity index is 122. The number of rotatable bonds is 2. The molecule has 0 aromatic rings. The number of hydrogen-bond acceptors (Lipinski definition) is 1. The zero-order chi connectivity index (χ0) is 9.03. The van der Waals surface area contributed by atoms with E-state index in [0.717, 1.165) is 3.43 Å². The predicted molar refractivity (Wildman–Crippen MR) is 47.7 cm³/mol. The van der Waals surface area contributed by atoms with Gasteiger partial charge in [0.1, 0.15) is 0 Å². The monoisotopic (exact) mass is 358 g/mol. The van der Waals surface area contributed by atoms with E-state index in [-0.39, 0.29) is 5.60 Å². The molecule has 68 valence electrons. The summed E-state index contributed by atoms with van der Waals surface area (Å²) in [5.41, 5.74) is 0.152. The third kappa shape index (κ3) is 4.81. The summed E-state index contributed by atoms with van der Waals surface area (Å²) in [4.78, 5) is 0. The maximum absolute atomic E-state index is 5.99. The summed E-state index contributed by atoms with van der Waals surface area (Å²) in [7, 11) is 0. The van der Waals surface area contributed by atoms with Gasteiger partial charge in [0.05, 0.1) is 0 Å². The van der Waals surface area contributed by atoms with Crippen molar-refractivity contribution >= 4 is 0 Å². The Morgan fingerprint density at radius 2 is 1.67 bits per heavy atom. The first-order valence-corrected chi connectivity index (χ1v) is 10.6. The Morgan fingerprint density at radius 3 is 2.17 bits per heavy atom. The molecule has 1 saturated carbocycles. The second-order valence-electron chi connectivity index (χ2n) is 4.93. The molecule has 0 aromatic heterocycles. The molecule has 1 rings (SSSR count). The van der Waals surface area contributed by atoms with E-state index >= 15 is 0 Å². The zero-order valence-electron chi connectivity index (χ0n) is 8.73. The Balaban J connectivity index is 2.13. The fraction of sp³-hybridized carbons (Fsp3) is 1.00. The molecule has 0 saturated heterocycles. The molecule has 1 aliphatic rings. The quantitative estimate of drug-likeness (QED) is 0.687. The Hall–Kier alpha value is 0.895. The molecular formula is C10H20HgO. The van der Waals surface area contributed by atoms with E-state index in [9.17, 15) is 0 Å². The predicted octanol–water partition coefficient (Wildman–Crippen LogP) is 3.55. The average Bonchev–Trinajstić information content (AvgIpc) is 2.02. The van der Waals surface area contributed by atoms with Crippen LogP contribution in [0.3, 0.4) is 0 Å². The van der Waals surface area contributed by atoms with Gasteiger partial charge in [-0.15, -0.1) is 0 Å². The molecular weight excluding hydrogens is 337 g/mol. The van der Waals surface area contributed by atoms with Crippen LogP contribution >= 0.6 is 0 Å². The molecule has 1 nitrogen and oxygen atoms in total. The second kappa shape index (κ2) is 4.95. The first-order chi connectivity index (χ1) is 5.58. The van der Waals surface area contributed by atoms with Crippen LogP contribution in [0.5, 0.6) is 0 Å². The van der Waals surface area contributed by atoms with Crippen molar-refractivity contribution in [2.45, 2.75) is 61.9 Å². The van der Waals surface area contributed by atoms with Crippen LogP contribution in [0.1, 0.15) is 52.9 Å². The molecule has 0 spiro atoms. The van der Waals surface area contributed by atoms with Crippen molar-refractivity contribution in [2.75, 3.05) is 0 Å². The Labute approximate surface area is 89.4 Å². The van der Waals surface area contributed by atoms with Gasteiger partial charge in [-0.2, -0.15) is 0 Å². The van der Waals surface area contributed by atoms with Gasteiger partial charge in [0.15, 0.2) is 0 Å². The fourth-order valence-electron chi connectivity index (χ4n) is 1.72. The molecule has 0 unspecified atom stereocenters. The van der Waals surface area contributed by atoms with Crippen LogP contribution in [0.25, 0.3) is 0 Å². The van der Waals surface area contributed by atoms with Crippen molar-refractivity contribution in [2.24, 2.45) is 0 Å². The van der Waals surface area contributed by atoms with Gasteiger partial charge in [-0.3, -0.25) is 0 Å². The molecule has 1 aliphatic carbocycles. The van der Waals surface area contributed by atoms with Crippen molar-refractivity contribution in [3.8, 4) is 0 Å². The van der Waals surface area contributed by atoms with Gasteiger partial charge in [0.25, 0.3) is 0 Å².